The van der Waals surface area contributed by atoms with Crippen molar-refractivity contribution in [3.8, 4) is 0 Å². The van der Waals surface area contributed by atoms with Gasteiger partial charge in [0.2, 0.25) is 5.76 Å². The SMILES string of the molecule is CC(=O)c1oc(C(=O)O)c(Cl)c1Cl. The Kier molecular flexibility index (Phi) is 2.63. The first kappa shape index (κ1) is 10.1. The van der Waals surface area contributed by atoms with Crippen LogP contribution in [0.15, 0.2) is 4.42 Å². The third-order valence-electron chi connectivity index (χ3n) is 1.31. The molecule has 0 atom stereocenters. The Morgan fingerprint density at radius 2 is 1.69 bits per heavy atom. The zero-order chi connectivity index (χ0) is 10.2. The van der Waals surface area contributed by atoms with Crippen LogP contribution in [0.2, 0.25) is 10.0 Å². The molecule has 13 heavy (non-hydrogen) atoms. The van der Waals surface area contributed by atoms with E-state index >= 15 is 0 Å². The van der Waals surface area contributed by atoms with E-state index in [-0.39, 0.29) is 15.8 Å². The predicted molar refractivity (Wildman–Crippen MR) is 45.7 cm³/mol. The normalized spacial score (nSPS) is 10.1. The largest absolute Gasteiger partial charge is 0.475 e. The van der Waals surface area contributed by atoms with Crippen molar-refractivity contribution >= 4 is 35.0 Å². The maximum atomic E-state index is 10.8. The van der Waals surface area contributed by atoms with E-state index in [2.05, 4.69) is 4.42 Å². The summed E-state index contributed by atoms with van der Waals surface area (Å²) in [5.41, 5.74) is 0. The zero-order valence-electron chi connectivity index (χ0n) is 6.43. The summed E-state index contributed by atoms with van der Waals surface area (Å²) < 4.78 is 4.66. The molecule has 0 aromatic carbocycles. The fraction of sp³-hybridized carbons (Fsp3) is 0.143. The van der Waals surface area contributed by atoms with Crippen LogP contribution in [-0.2, 0) is 0 Å². The highest BCUT2D eigenvalue weighted by atomic mass is 35.5. The first-order chi connectivity index (χ1) is 5.95. The summed E-state index contributed by atoms with van der Waals surface area (Å²) in [5, 5.41) is 8.13. The highest BCUT2D eigenvalue weighted by Gasteiger charge is 2.24. The number of halogens is 2. The molecule has 1 aromatic rings. The fourth-order valence-corrected chi connectivity index (χ4v) is 1.22. The summed E-state index contributed by atoms with van der Waals surface area (Å²) in [4.78, 5) is 21.3. The van der Waals surface area contributed by atoms with Gasteiger partial charge in [-0.15, -0.1) is 0 Å². The maximum Gasteiger partial charge on any atom is 0.373 e. The van der Waals surface area contributed by atoms with Crippen LogP contribution in [0, 0.1) is 0 Å². The lowest BCUT2D eigenvalue weighted by molar-refractivity contribution is 0.0660. The van der Waals surface area contributed by atoms with Crippen molar-refractivity contribution in [2.24, 2.45) is 0 Å². The van der Waals surface area contributed by atoms with Crippen LogP contribution < -0.4 is 0 Å². The number of carbonyl (C=O) groups is 2. The molecule has 70 valence electrons. The van der Waals surface area contributed by atoms with Crippen molar-refractivity contribution in [3.63, 3.8) is 0 Å². The summed E-state index contributed by atoms with van der Waals surface area (Å²) in [6.45, 7) is 1.20. The lowest BCUT2D eigenvalue weighted by atomic mass is 10.3. The van der Waals surface area contributed by atoms with Gasteiger partial charge in [0.1, 0.15) is 10.0 Å². The molecular weight excluding hydrogens is 219 g/mol. The van der Waals surface area contributed by atoms with E-state index in [0.29, 0.717) is 0 Å². The van der Waals surface area contributed by atoms with Crippen LogP contribution in [0.3, 0.4) is 0 Å². The second-order valence-corrected chi connectivity index (χ2v) is 3.01. The average molecular weight is 223 g/mol. The van der Waals surface area contributed by atoms with Gasteiger partial charge in [0.15, 0.2) is 11.5 Å². The van der Waals surface area contributed by atoms with Gasteiger partial charge in [0, 0.05) is 6.92 Å². The van der Waals surface area contributed by atoms with Crippen LogP contribution in [0.4, 0.5) is 0 Å². The van der Waals surface area contributed by atoms with Gasteiger partial charge in [-0.2, -0.15) is 0 Å². The summed E-state index contributed by atoms with van der Waals surface area (Å²) in [6, 6.07) is 0. The van der Waals surface area contributed by atoms with Gasteiger partial charge in [-0.25, -0.2) is 4.79 Å². The van der Waals surface area contributed by atoms with Crippen molar-refractivity contribution in [1.29, 1.82) is 0 Å². The van der Waals surface area contributed by atoms with E-state index in [1.807, 2.05) is 0 Å². The molecule has 0 spiro atoms. The third kappa shape index (κ3) is 1.68. The Hall–Kier alpha value is -1.00. The molecule has 6 heteroatoms. The summed E-state index contributed by atoms with van der Waals surface area (Å²) in [7, 11) is 0. The van der Waals surface area contributed by atoms with Crippen molar-refractivity contribution in [2.75, 3.05) is 0 Å². The zero-order valence-corrected chi connectivity index (χ0v) is 7.94. The molecule has 1 rings (SSSR count). The van der Waals surface area contributed by atoms with E-state index in [1.54, 1.807) is 0 Å². The van der Waals surface area contributed by atoms with E-state index in [9.17, 15) is 9.59 Å². The molecular formula is C7H4Cl2O4. The van der Waals surface area contributed by atoms with Crippen LogP contribution >= 0.6 is 23.2 Å². The molecule has 0 aliphatic heterocycles. The molecule has 1 N–H and O–H groups in total. The van der Waals surface area contributed by atoms with Crippen molar-refractivity contribution in [1.82, 2.24) is 0 Å². The van der Waals surface area contributed by atoms with Gasteiger partial charge in [-0.3, -0.25) is 4.79 Å². The Balaban J connectivity index is 3.36. The number of hydrogen-bond donors (Lipinski definition) is 1. The number of aromatic carboxylic acids is 1. The first-order valence-corrected chi connectivity index (χ1v) is 3.92. The van der Waals surface area contributed by atoms with E-state index in [1.165, 1.54) is 6.92 Å². The molecule has 0 saturated carbocycles. The Morgan fingerprint density at radius 3 is 1.92 bits per heavy atom. The van der Waals surface area contributed by atoms with Crippen LogP contribution in [-0.4, -0.2) is 16.9 Å². The minimum Gasteiger partial charge on any atom is -0.475 e. The lowest BCUT2D eigenvalue weighted by Gasteiger charge is -1.86. The second-order valence-electron chi connectivity index (χ2n) is 2.25. The maximum absolute atomic E-state index is 10.8. The Morgan fingerprint density at radius 1 is 1.23 bits per heavy atom. The number of rotatable bonds is 2. The number of Topliss-reactive ketones (excluding diaryl/α,β-unsaturated/α-hetero) is 1. The quantitative estimate of drug-likeness (QED) is 0.782. The standard InChI is InChI=1S/C7H4Cl2O4/c1-2(10)5-3(8)4(9)6(13-5)7(11)12/h1H3,(H,11,12). The molecule has 0 saturated heterocycles. The molecule has 1 aromatic heterocycles. The first-order valence-electron chi connectivity index (χ1n) is 3.17. The number of ketones is 1. The van der Waals surface area contributed by atoms with Gasteiger partial charge < -0.3 is 9.52 Å². The summed E-state index contributed by atoms with van der Waals surface area (Å²) >= 11 is 11.0. The minimum absolute atomic E-state index is 0.161. The van der Waals surface area contributed by atoms with Crippen LogP contribution in [0.1, 0.15) is 28.0 Å². The van der Waals surface area contributed by atoms with Gasteiger partial charge in [0.05, 0.1) is 0 Å². The highest BCUT2D eigenvalue weighted by molar-refractivity contribution is 6.45. The molecule has 0 aliphatic carbocycles. The number of carbonyl (C=O) groups excluding carboxylic acids is 1. The molecule has 4 nitrogen and oxygen atoms in total. The fourth-order valence-electron chi connectivity index (χ4n) is 0.755. The Labute approximate surface area is 83.0 Å². The number of hydrogen-bond acceptors (Lipinski definition) is 3. The molecule has 0 aliphatic rings. The second kappa shape index (κ2) is 3.40. The van der Waals surface area contributed by atoms with E-state index in [4.69, 9.17) is 28.3 Å². The highest BCUT2D eigenvalue weighted by Crippen LogP contribution is 2.32. The van der Waals surface area contributed by atoms with Crippen molar-refractivity contribution in [2.45, 2.75) is 6.92 Å². The van der Waals surface area contributed by atoms with Gasteiger partial charge in [0.25, 0.3) is 0 Å². The molecule has 0 radical (unpaired) electrons. The van der Waals surface area contributed by atoms with Gasteiger partial charge >= 0.3 is 5.97 Å². The number of carboxylic acid groups (broad SMARTS) is 1. The summed E-state index contributed by atoms with van der Waals surface area (Å²) in [6.07, 6.45) is 0. The van der Waals surface area contributed by atoms with Crippen LogP contribution in [0.25, 0.3) is 0 Å². The predicted octanol–water partition coefficient (Wildman–Crippen LogP) is 2.49. The average Bonchev–Trinajstić information content (AvgIpc) is 2.29. The summed E-state index contributed by atoms with van der Waals surface area (Å²) in [5.74, 6) is -2.58. The molecule has 0 amide bonds. The molecule has 0 bridgehead atoms. The Bertz CT molecular complexity index is 346. The van der Waals surface area contributed by atoms with Gasteiger partial charge in [-0.1, -0.05) is 23.2 Å². The smallest absolute Gasteiger partial charge is 0.373 e. The number of carboxylic acids is 1. The van der Waals surface area contributed by atoms with Crippen molar-refractivity contribution < 1.29 is 19.1 Å². The van der Waals surface area contributed by atoms with Crippen molar-refractivity contribution in [3.05, 3.63) is 21.6 Å². The molecule has 0 fully saturated rings. The third-order valence-corrected chi connectivity index (χ3v) is 2.13. The van der Waals surface area contributed by atoms with Gasteiger partial charge in [-0.05, 0) is 0 Å². The monoisotopic (exact) mass is 222 g/mol. The number of furan rings is 1. The van der Waals surface area contributed by atoms with E-state index in [0.717, 1.165) is 0 Å². The molecule has 0 unspecified atom stereocenters. The van der Waals surface area contributed by atoms with Crippen LogP contribution in [0.5, 0.6) is 0 Å². The topological polar surface area (TPSA) is 67.5 Å². The van der Waals surface area contributed by atoms with E-state index < -0.39 is 17.5 Å². The lowest BCUT2D eigenvalue weighted by Crippen LogP contribution is -1.94. The minimum atomic E-state index is -1.36. The molecule has 1 heterocycles.